The Hall–Kier alpha value is -2.12. The Balaban J connectivity index is 0.00000225. The number of carbonyl (C=O) groups excluding carboxylic acids is 1. The zero-order chi connectivity index (χ0) is 17.2. The van der Waals surface area contributed by atoms with Gasteiger partial charge in [-0.15, -0.1) is 12.4 Å². The van der Waals surface area contributed by atoms with E-state index in [2.05, 4.69) is 25.6 Å². The van der Waals surface area contributed by atoms with Crippen molar-refractivity contribution in [3.05, 3.63) is 36.3 Å². The molecule has 118 valence electrons. The van der Waals surface area contributed by atoms with E-state index >= 15 is 0 Å². The van der Waals surface area contributed by atoms with E-state index in [-0.39, 0.29) is 23.9 Å². The van der Waals surface area contributed by atoms with Crippen LogP contribution in [0.4, 0.5) is 11.5 Å². The second kappa shape index (κ2) is 7.24. The normalized spacial score (nSPS) is 16.9. The van der Waals surface area contributed by atoms with Gasteiger partial charge in [0.1, 0.15) is 5.69 Å². The number of anilines is 2. The number of piperazine rings is 1. The highest BCUT2D eigenvalue weighted by Crippen LogP contribution is 2.14. The minimum absolute atomic E-state index is 0. The van der Waals surface area contributed by atoms with Crippen molar-refractivity contribution < 1.29 is 8.91 Å². The van der Waals surface area contributed by atoms with Gasteiger partial charge in [0.2, 0.25) is 0 Å². The zero-order valence-electron chi connectivity index (χ0n) is 14.8. The predicted molar refractivity (Wildman–Crippen MR) is 87.7 cm³/mol. The maximum Gasteiger partial charge on any atom is 0.275 e. The summed E-state index contributed by atoms with van der Waals surface area (Å²) in [5, 5.41) is 9.64. The fourth-order valence-electron chi connectivity index (χ4n) is 2.20. The Kier molecular flexibility index (Phi) is 4.09. The van der Waals surface area contributed by atoms with Crippen LogP contribution in [-0.2, 0) is 6.98 Å². The molecule has 7 nitrogen and oxygen atoms in total. The Morgan fingerprint density at radius 2 is 2.18 bits per heavy atom. The Bertz CT molecular complexity index is 712. The molecule has 0 aromatic carbocycles. The summed E-state index contributed by atoms with van der Waals surface area (Å²) in [5.74, 6) is -0.262. The first-order chi connectivity index (χ1) is 11.4. The third-order valence-electron chi connectivity index (χ3n) is 3.29. The zero-order valence-corrected chi connectivity index (χ0v) is 12.6. The van der Waals surface area contributed by atoms with Gasteiger partial charge in [0, 0.05) is 49.5 Å². The summed E-state index contributed by atoms with van der Waals surface area (Å²) in [7, 11) is 0. The molecule has 1 fully saturated rings. The van der Waals surface area contributed by atoms with Gasteiger partial charge >= 0.3 is 0 Å². The van der Waals surface area contributed by atoms with Crippen LogP contribution in [-0.4, -0.2) is 46.9 Å². The number of rotatable bonds is 3. The van der Waals surface area contributed by atoms with Crippen LogP contribution in [0.5, 0.6) is 0 Å². The molecule has 2 N–H and O–H groups in total. The van der Waals surface area contributed by atoms with Crippen LogP contribution < -0.4 is 15.5 Å². The van der Waals surface area contributed by atoms with Crippen LogP contribution in [0, 0.1) is 0 Å². The van der Waals surface area contributed by atoms with Gasteiger partial charge in [-0.1, -0.05) is 0 Å². The molecular formula is C14H19ClN6O. The first-order valence-corrected chi connectivity index (χ1v) is 6.73. The highest BCUT2D eigenvalue weighted by Gasteiger charge is 2.13. The summed E-state index contributed by atoms with van der Waals surface area (Å²) in [4.78, 5) is 18.6. The standard InChI is InChI=1S/C14H18N6O.ClH/c1-19-7-4-13(18-19)17-14(21)12-3-2-11(10-16-12)20-8-5-15-6-9-20;/h2-4,7,10,15H,5-6,8-9H2,1H3,(H,17,18,21);1H/i1D3;. The summed E-state index contributed by atoms with van der Waals surface area (Å²) < 4.78 is 22.6. The summed E-state index contributed by atoms with van der Waals surface area (Å²) in [6.45, 7) is 1.29. The molecular weight excluding hydrogens is 304 g/mol. The van der Waals surface area contributed by atoms with Crippen molar-refractivity contribution in [1.82, 2.24) is 20.1 Å². The molecule has 2 aromatic rings. The fraction of sp³-hybridized carbons (Fsp3) is 0.357. The third-order valence-corrected chi connectivity index (χ3v) is 3.29. The SMILES string of the molecule is Cl.[2H]C([2H])([2H])n1ccc(NC(=O)c2ccc(N3CCNCC3)cn2)n1. The molecule has 1 aliphatic heterocycles. The number of aryl methyl sites for hydroxylation is 1. The van der Waals surface area contributed by atoms with E-state index in [1.54, 1.807) is 12.3 Å². The van der Waals surface area contributed by atoms with Gasteiger partial charge in [0.05, 0.1) is 11.9 Å². The monoisotopic (exact) mass is 325 g/mol. The van der Waals surface area contributed by atoms with E-state index in [0.29, 0.717) is 0 Å². The lowest BCUT2D eigenvalue weighted by Crippen LogP contribution is -2.43. The van der Waals surface area contributed by atoms with Gasteiger partial charge in [0.15, 0.2) is 5.82 Å². The van der Waals surface area contributed by atoms with Crippen molar-refractivity contribution in [2.75, 3.05) is 36.4 Å². The second-order valence-corrected chi connectivity index (χ2v) is 4.74. The average Bonchev–Trinajstić information content (AvgIpc) is 3.05. The van der Waals surface area contributed by atoms with Crippen LogP contribution >= 0.6 is 12.4 Å². The molecule has 0 saturated carbocycles. The Morgan fingerprint density at radius 3 is 2.82 bits per heavy atom. The Labute approximate surface area is 139 Å². The molecule has 1 aliphatic rings. The quantitative estimate of drug-likeness (QED) is 0.877. The van der Waals surface area contributed by atoms with Crippen LogP contribution in [0.3, 0.4) is 0 Å². The van der Waals surface area contributed by atoms with Crippen LogP contribution in [0.25, 0.3) is 0 Å². The molecule has 22 heavy (non-hydrogen) atoms. The maximum atomic E-state index is 12.2. The lowest BCUT2D eigenvalue weighted by Gasteiger charge is -2.29. The second-order valence-electron chi connectivity index (χ2n) is 4.74. The first-order valence-electron chi connectivity index (χ1n) is 8.23. The number of nitrogens with zero attached hydrogens (tertiary/aromatic N) is 4. The minimum Gasteiger partial charge on any atom is -0.368 e. The number of pyridine rings is 1. The van der Waals surface area contributed by atoms with Crippen LogP contribution in [0.2, 0.25) is 0 Å². The first kappa shape index (κ1) is 12.4. The van der Waals surface area contributed by atoms with E-state index in [0.717, 1.165) is 36.5 Å². The van der Waals surface area contributed by atoms with Gasteiger partial charge in [-0.2, -0.15) is 5.10 Å². The highest BCUT2D eigenvalue weighted by atomic mass is 35.5. The van der Waals surface area contributed by atoms with Gasteiger partial charge in [-0.3, -0.25) is 9.48 Å². The molecule has 0 spiro atoms. The fourth-order valence-corrected chi connectivity index (χ4v) is 2.20. The van der Waals surface area contributed by atoms with Crippen LogP contribution in [0.1, 0.15) is 14.6 Å². The van der Waals surface area contributed by atoms with E-state index < -0.39 is 12.9 Å². The van der Waals surface area contributed by atoms with E-state index in [9.17, 15) is 4.79 Å². The number of halogens is 1. The largest absolute Gasteiger partial charge is 0.368 e. The molecule has 2 aromatic heterocycles. The van der Waals surface area contributed by atoms with E-state index in [4.69, 9.17) is 4.11 Å². The van der Waals surface area contributed by atoms with Gasteiger partial charge < -0.3 is 15.5 Å². The number of aromatic nitrogens is 3. The summed E-state index contributed by atoms with van der Waals surface area (Å²) in [5.41, 5.74) is 1.22. The molecule has 0 bridgehead atoms. The molecule has 0 radical (unpaired) electrons. The van der Waals surface area contributed by atoms with Crippen molar-refractivity contribution in [2.24, 2.45) is 6.98 Å². The molecule has 3 heterocycles. The lowest BCUT2D eigenvalue weighted by molar-refractivity contribution is 0.102. The van der Waals surface area contributed by atoms with Crippen molar-refractivity contribution in [3.8, 4) is 0 Å². The summed E-state index contributed by atoms with van der Waals surface area (Å²) >= 11 is 0. The molecule has 0 unspecified atom stereocenters. The molecule has 0 aliphatic carbocycles. The average molecular weight is 326 g/mol. The molecule has 0 atom stereocenters. The van der Waals surface area contributed by atoms with Crippen LogP contribution in [0.15, 0.2) is 30.6 Å². The number of carbonyl (C=O) groups is 1. The van der Waals surface area contributed by atoms with Gasteiger partial charge in [-0.25, -0.2) is 4.98 Å². The highest BCUT2D eigenvalue weighted by molar-refractivity contribution is 6.02. The molecule has 1 amide bonds. The number of nitrogens with one attached hydrogen (secondary N) is 2. The summed E-state index contributed by atoms with van der Waals surface area (Å²) in [6.07, 6.45) is 2.96. The number of hydrogen-bond acceptors (Lipinski definition) is 5. The smallest absolute Gasteiger partial charge is 0.275 e. The number of hydrogen-bond donors (Lipinski definition) is 2. The third kappa shape index (κ3) is 3.75. The van der Waals surface area contributed by atoms with Gasteiger partial charge in [-0.05, 0) is 12.1 Å². The molecule has 3 rings (SSSR count). The molecule has 8 heteroatoms. The van der Waals surface area contributed by atoms with Crippen molar-refractivity contribution in [1.29, 1.82) is 0 Å². The minimum atomic E-state index is -2.37. The number of amides is 1. The summed E-state index contributed by atoms with van der Waals surface area (Å²) in [6, 6.07) is 4.93. The lowest BCUT2D eigenvalue weighted by atomic mass is 10.2. The Morgan fingerprint density at radius 1 is 1.36 bits per heavy atom. The maximum absolute atomic E-state index is 12.2. The van der Waals surface area contributed by atoms with Crippen molar-refractivity contribution in [2.45, 2.75) is 0 Å². The van der Waals surface area contributed by atoms with Crippen molar-refractivity contribution >= 4 is 29.8 Å². The molecule has 1 saturated heterocycles. The van der Waals surface area contributed by atoms with Crippen molar-refractivity contribution in [3.63, 3.8) is 0 Å². The van der Waals surface area contributed by atoms with E-state index in [1.165, 1.54) is 12.3 Å². The van der Waals surface area contributed by atoms with Gasteiger partial charge in [0.25, 0.3) is 5.91 Å². The predicted octanol–water partition coefficient (Wildman–Crippen LogP) is 0.899. The van der Waals surface area contributed by atoms with E-state index in [1.807, 2.05) is 6.07 Å². The topological polar surface area (TPSA) is 75.1 Å².